The topological polar surface area (TPSA) is 48.4 Å². The van der Waals surface area contributed by atoms with Gasteiger partial charge in [-0.15, -0.1) is 0 Å². The Balaban J connectivity index is 2.18. The monoisotopic (exact) mass is 311 g/mol. The zero-order valence-electron chi connectivity index (χ0n) is 10.6. The number of rotatable bonds is 4. The summed E-state index contributed by atoms with van der Waals surface area (Å²) in [6, 6.07) is 6.59. The summed E-state index contributed by atoms with van der Waals surface area (Å²) in [5, 5.41) is 0.503. The molecule has 0 aliphatic carbocycles. The molecule has 6 heteroatoms. The minimum atomic E-state index is -0.507. The highest BCUT2D eigenvalue weighted by Crippen LogP contribution is 2.34. The van der Waals surface area contributed by atoms with Crippen molar-refractivity contribution < 1.29 is 14.3 Å². The van der Waals surface area contributed by atoms with E-state index in [0.29, 0.717) is 5.75 Å². The van der Waals surface area contributed by atoms with Gasteiger partial charge in [-0.05, 0) is 18.2 Å². The third-order valence-corrected chi connectivity index (χ3v) is 3.09. The summed E-state index contributed by atoms with van der Waals surface area (Å²) < 4.78 is 10.2. The highest BCUT2D eigenvalue weighted by Gasteiger charge is 2.14. The summed E-state index contributed by atoms with van der Waals surface area (Å²) in [5.41, 5.74) is 1.16. The third-order valence-electron chi connectivity index (χ3n) is 2.53. The van der Waals surface area contributed by atoms with Gasteiger partial charge in [0.05, 0.1) is 22.7 Å². The molecule has 0 saturated heterocycles. The number of halogens is 2. The zero-order chi connectivity index (χ0) is 14.5. The van der Waals surface area contributed by atoms with E-state index >= 15 is 0 Å². The number of carbonyl (C=O) groups excluding carboxylic acids is 1. The fraction of sp³-hybridized carbons (Fsp3) is 0.143. The molecular formula is C14H11Cl2NO3. The maximum absolute atomic E-state index is 11.4. The minimum absolute atomic E-state index is 0.252. The molecule has 0 aliphatic heterocycles. The van der Waals surface area contributed by atoms with Gasteiger partial charge in [-0.3, -0.25) is 4.98 Å². The molecule has 0 spiro atoms. The van der Waals surface area contributed by atoms with Gasteiger partial charge in [-0.1, -0.05) is 29.3 Å². The number of carbonyl (C=O) groups is 1. The van der Waals surface area contributed by atoms with Gasteiger partial charge in [0.25, 0.3) is 0 Å². The molecule has 1 aromatic carbocycles. The lowest BCUT2D eigenvalue weighted by Gasteiger charge is -2.11. The molecule has 0 amide bonds. The molecule has 0 bridgehead atoms. The largest absolute Gasteiger partial charge is 0.486 e. The van der Waals surface area contributed by atoms with Crippen LogP contribution in [-0.2, 0) is 11.3 Å². The first kappa shape index (κ1) is 14.6. The first-order valence-electron chi connectivity index (χ1n) is 5.71. The summed E-state index contributed by atoms with van der Waals surface area (Å²) in [7, 11) is 1.29. The van der Waals surface area contributed by atoms with Gasteiger partial charge in [0.1, 0.15) is 6.61 Å². The number of hydrogen-bond acceptors (Lipinski definition) is 4. The van der Waals surface area contributed by atoms with Crippen LogP contribution in [0.25, 0.3) is 0 Å². The highest BCUT2D eigenvalue weighted by atomic mass is 35.5. The molecule has 4 nitrogen and oxygen atoms in total. The number of pyridine rings is 1. The van der Waals surface area contributed by atoms with Crippen LogP contribution in [0.2, 0.25) is 10.0 Å². The van der Waals surface area contributed by atoms with Crippen LogP contribution in [0, 0.1) is 0 Å². The van der Waals surface area contributed by atoms with Crippen molar-refractivity contribution in [3.8, 4) is 5.75 Å². The first-order valence-corrected chi connectivity index (χ1v) is 6.46. The molecular weight excluding hydrogens is 301 g/mol. The lowest BCUT2D eigenvalue weighted by Crippen LogP contribution is -2.03. The summed E-state index contributed by atoms with van der Waals surface area (Å²) in [4.78, 5) is 15.4. The molecule has 2 aromatic rings. The van der Waals surface area contributed by atoms with E-state index in [4.69, 9.17) is 27.9 Å². The van der Waals surface area contributed by atoms with Crippen LogP contribution >= 0.6 is 23.2 Å². The van der Waals surface area contributed by atoms with Crippen LogP contribution in [0.5, 0.6) is 5.75 Å². The lowest BCUT2D eigenvalue weighted by atomic mass is 10.2. The van der Waals surface area contributed by atoms with Gasteiger partial charge in [-0.25, -0.2) is 4.79 Å². The standard InChI is InChI=1S/C14H11Cl2NO3/c1-19-14(18)10-5-11(15)13(12(16)6-10)20-8-9-3-2-4-17-7-9/h2-7H,8H2,1H3. The number of benzene rings is 1. The van der Waals surface area contributed by atoms with Crippen molar-refractivity contribution in [1.82, 2.24) is 4.98 Å². The molecule has 1 aromatic heterocycles. The SMILES string of the molecule is COC(=O)c1cc(Cl)c(OCc2cccnc2)c(Cl)c1. The fourth-order valence-electron chi connectivity index (χ4n) is 1.57. The summed E-state index contributed by atoms with van der Waals surface area (Å²) in [5.74, 6) is -0.183. The van der Waals surface area contributed by atoms with Crippen molar-refractivity contribution in [1.29, 1.82) is 0 Å². The molecule has 0 unspecified atom stereocenters. The van der Waals surface area contributed by atoms with E-state index in [0.717, 1.165) is 5.56 Å². The second-order valence-corrected chi connectivity index (χ2v) is 4.72. The third kappa shape index (κ3) is 3.40. The van der Waals surface area contributed by atoms with Crippen molar-refractivity contribution in [3.63, 3.8) is 0 Å². The van der Waals surface area contributed by atoms with Crippen molar-refractivity contribution in [3.05, 3.63) is 57.8 Å². The first-order chi connectivity index (χ1) is 9.61. The molecule has 0 saturated carbocycles. The maximum Gasteiger partial charge on any atom is 0.337 e. The smallest absolute Gasteiger partial charge is 0.337 e. The van der Waals surface area contributed by atoms with Crippen molar-refractivity contribution in [2.24, 2.45) is 0 Å². The fourth-order valence-corrected chi connectivity index (χ4v) is 2.17. The van der Waals surface area contributed by atoms with E-state index in [1.54, 1.807) is 12.4 Å². The molecule has 0 radical (unpaired) electrons. The predicted molar refractivity (Wildman–Crippen MR) is 76.4 cm³/mol. The Kier molecular flexibility index (Phi) is 4.82. The van der Waals surface area contributed by atoms with Crippen molar-refractivity contribution >= 4 is 29.2 Å². The van der Waals surface area contributed by atoms with Gasteiger partial charge in [0.15, 0.2) is 5.75 Å². The normalized spacial score (nSPS) is 10.2. The maximum atomic E-state index is 11.4. The second kappa shape index (κ2) is 6.59. The number of esters is 1. The number of hydrogen-bond donors (Lipinski definition) is 0. The molecule has 0 atom stereocenters. The Morgan fingerprint density at radius 2 is 2.00 bits per heavy atom. The van der Waals surface area contributed by atoms with Gasteiger partial charge in [-0.2, -0.15) is 0 Å². The minimum Gasteiger partial charge on any atom is -0.486 e. The Labute approximate surface area is 126 Å². The lowest BCUT2D eigenvalue weighted by molar-refractivity contribution is 0.0600. The van der Waals surface area contributed by atoms with E-state index in [1.807, 2.05) is 12.1 Å². The highest BCUT2D eigenvalue weighted by molar-refractivity contribution is 6.37. The molecule has 0 aliphatic rings. The van der Waals surface area contributed by atoms with Crippen LogP contribution in [0.15, 0.2) is 36.7 Å². The summed E-state index contributed by atoms with van der Waals surface area (Å²) >= 11 is 12.1. The quantitative estimate of drug-likeness (QED) is 0.807. The molecule has 1 heterocycles. The van der Waals surface area contributed by atoms with Gasteiger partial charge >= 0.3 is 5.97 Å². The number of ether oxygens (including phenoxy) is 2. The van der Waals surface area contributed by atoms with Crippen LogP contribution in [0.3, 0.4) is 0 Å². The van der Waals surface area contributed by atoms with Gasteiger partial charge < -0.3 is 9.47 Å². The average molecular weight is 312 g/mol. The van der Waals surface area contributed by atoms with E-state index in [2.05, 4.69) is 9.72 Å². The molecule has 20 heavy (non-hydrogen) atoms. The Bertz CT molecular complexity index is 594. The molecule has 0 fully saturated rings. The summed E-state index contributed by atoms with van der Waals surface area (Å²) in [6.07, 6.45) is 3.36. The average Bonchev–Trinajstić information content (AvgIpc) is 2.46. The van der Waals surface area contributed by atoms with Gasteiger partial charge in [0, 0.05) is 18.0 Å². The van der Waals surface area contributed by atoms with Gasteiger partial charge in [0.2, 0.25) is 0 Å². The Hall–Kier alpha value is -1.78. The van der Waals surface area contributed by atoms with Crippen molar-refractivity contribution in [2.45, 2.75) is 6.61 Å². The van der Waals surface area contributed by atoms with Crippen LogP contribution < -0.4 is 4.74 Å². The van der Waals surface area contributed by atoms with E-state index in [9.17, 15) is 4.79 Å². The Morgan fingerprint density at radius 3 is 2.55 bits per heavy atom. The molecule has 2 rings (SSSR count). The van der Waals surface area contributed by atoms with Crippen LogP contribution in [0.1, 0.15) is 15.9 Å². The molecule has 0 N–H and O–H groups in total. The van der Waals surface area contributed by atoms with E-state index < -0.39 is 5.97 Å². The van der Waals surface area contributed by atoms with E-state index in [1.165, 1.54) is 19.2 Å². The zero-order valence-corrected chi connectivity index (χ0v) is 12.1. The van der Waals surface area contributed by atoms with Crippen LogP contribution in [0.4, 0.5) is 0 Å². The number of methoxy groups -OCH3 is 1. The number of aromatic nitrogens is 1. The number of nitrogens with zero attached hydrogens (tertiary/aromatic N) is 1. The van der Waals surface area contributed by atoms with Crippen LogP contribution in [-0.4, -0.2) is 18.1 Å². The van der Waals surface area contributed by atoms with E-state index in [-0.39, 0.29) is 22.2 Å². The second-order valence-electron chi connectivity index (χ2n) is 3.91. The summed E-state index contributed by atoms with van der Waals surface area (Å²) in [6.45, 7) is 0.283. The Morgan fingerprint density at radius 1 is 1.30 bits per heavy atom. The predicted octanol–water partition coefficient (Wildman–Crippen LogP) is 3.75. The molecule has 104 valence electrons. The van der Waals surface area contributed by atoms with Crippen molar-refractivity contribution in [2.75, 3.05) is 7.11 Å².